The Labute approximate surface area is 120 Å². The average Bonchev–Trinajstić information content (AvgIpc) is 2.40. The summed E-state index contributed by atoms with van der Waals surface area (Å²) in [5.74, 6) is 0. The molecule has 1 heterocycles. The van der Waals surface area contributed by atoms with Crippen molar-refractivity contribution in [1.29, 1.82) is 0 Å². The van der Waals surface area contributed by atoms with E-state index in [1.165, 1.54) is 25.7 Å². The van der Waals surface area contributed by atoms with E-state index >= 15 is 0 Å². The molecular weight excluding hydrogens is 248 g/mol. The van der Waals surface area contributed by atoms with Gasteiger partial charge < -0.3 is 5.32 Å². The van der Waals surface area contributed by atoms with Crippen LogP contribution in [0.4, 0.5) is 5.69 Å². The number of nitrogens with one attached hydrogen (secondary N) is 1. The molecule has 0 aliphatic heterocycles. The first-order valence-corrected chi connectivity index (χ1v) is 7.03. The Kier molecular flexibility index (Phi) is 5.30. The predicted octanol–water partition coefficient (Wildman–Crippen LogP) is 4.19. The zero-order chi connectivity index (χ0) is 14.2. The molecule has 0 radical (unpaired) electrons. The number of carbonyl (C=O) groups excluding carboxylic acids is 1. The third-order valence-electron chi connectivity index (χ3n) is 3.40. The van der Waals surface area contributed by atoms with Crippen molar-refractivity contribution in [3.63, 3.8) is 0 Å². The van der Waals surface area contributed by atoms with Gasteiger partial charge in [-0.25, -0.2) is 0 Å². The minimum Gasteiger partial charge on any atom is -0.329 e. The molecular formula is C17H20N2O. The van der Waals surface area contributed by atoms with Gasteiger partial charge in [-0.2, -0.15) is 0 Å². The van der Waals surface area contributed by atoms with Gasteiger partial charge in [-0.15, -0.1) is 0 Å². The Morgan fingerprint density at radius 2 is 1.85 bits per heavy atom. The third-order valence-corrected chi connectivity index (χ3v) is 3.40. The summed E-state index contributed by atoms with van der Waals surface area (Å²) in [6.45, 7) is 2.02. The van der Waals surface area contributed by atoms with Crippen LogP contribution in [0.1, 0.15) is 31.2 Å². The maximum absolute atomic E-state index is 10.4. The summed E-state index contributed by atoms with van der Waals surface area (Å²) in [6, 6.07) is 11.5. The first kappa shape index (κ1) is 14.3. The number of anilines is 1. The number of pyridine rings is 1. The fourth-order valence-corrected chi connectivity index (χ4v) is 1.83. The second kappa shape index (κ2) is 7.43. The number of rotatable bonds is 3. The van der Waals surface area contributed by atoms with Crippen molar-refractivity contribution in [2.24, 2.45) is 0 Å². The van der Waals surface area contributed by atoms with E-state index in [1.807, 2.05) is 43.3 Å². The van der Waals surface area contributed by atoms with Gasteiger partial charge in [-0.05, 0) is 36.8 Å². The van der Waals surface area contributed by atoms with Crippen LogP contribution in [0.2, 0.25) is 0 Å². The molecule has 20 heavy (non-hydrogen) atoms. The van der Waals surface area contributed by atoms with E-state index < -0.39 is 0 Å². The molecule has 1 aromatic heterocycles. The van der Waals surface area contributed by atoms with E-state index in [9.17, 15) is 4.79 Å². The topological polar surface area (TPSA) is 42.0 Å². The maximum Gasteiger partial charge on any atom is 0.211 e. The van der Waals surface area contributed by atoms with Crippen LogP contribution in [0.5, 0.6) is 0 Å². The molecule has 1 fully saturated rings. The van der Waals surface area contributed by atoms with E-state index in [-0.39, 0.29) is 0 Å². The maximum atomic E-state index is 10.4. The lowest BCUT2D eigenvalue weighted by atomic mass is 10.0. The fourth-order valence-electron chi connectivity index (χ4n) is 1.83. The van der Waals surface area contributed by atoms with Gasteiger partial charge in [-0.1, -0.05) is 37.8 Å². The highest BCUT2D eigenvalue weighted by Crippen LogP contribution is 2.24. The summed E-state index contributed by atoms with van der Waals surface area (Å²) in [5, 5.41) is 2.64. The Balaban J connectivity index is 0.000000315. The van der Waals surface area contributed by atoms with Crippen LogP contribution in [0.25, 0.3) is 11.3 Å². The van der Waals surface area contributed by atoms with Crippen LogP contribution >= 0.6 is 0 Å². The van der Waals surface area contributed by atoms with Crippen molar-refractivity contribution in [3.8, 4) is 11.3 Å². The van der Waals surface area contributed by atoms with Gasteiger partial charge >= 0.3 is 0 Å². The van der Waals surface area contributed by atoms with Crippen LogP contribution < -0.4 is 5.32 Å². The van der Waals surface area contributed by atoms with Crippen molar-refractivity contribution in [2.75, 3.05) is 5.32 Å². The van der Waals surface area contributed by atoms with Gasteiger partial charge in [0.1, 0.15) is 0 Å². The van der Waals surface area contributed by atoms with Crippen LogP contribution in [0.15, 0.2) is 42.6 Å². The zero-order valence-electron chi connectivity index (χ0n) is 11.8. The second-order valence-corrected chi connectivity index (χ2v) is 4.92. The molecule has 1 amide bonds. The summed E-state index contributed by atoms with van der Waals surface area (Å²) in [6.07, 6.45) is 8.43. The number of amides is 1. The van der Waals surface area contributed by atoms with Crippen LogP contribution in [0, 0.1) is 6.92 Å². The van der Waals surface area contributed by atoms with E-state index in [0.717, 1.165) is 22.5 Å². The van der Waals surface area contributed by atoms with Gasteiger partial charge in [0.15, 0.2) is 0 Å². The standard InChI is InChI=1S/C13H12N2O.C4H8/c1-10-5-6-11(15-9-16)8-12(10)13-4-2-3-7-14-13;1-2-4-3-1/h2-9H,1H3,(H,15,16);1-4H2. The number of carbonyl (C=O) groups is 1. The van der Waals surface area contributed by atoms with Gasteiger partial charge in [0.2, 0.25) is 6.41 Å². The minimum absolute atomic E-state index is 0.673. The van der Waals surface area contributed by atoms with E-state index in [1.54, 1.807) is 6.20 Å². The van der Waals surface area contributed by atoms with Gasteiger partial charge in [0.05, 0.1) is 5.69 Å². The average molecular weight is 268 g/mol. The lowest BCUT2D eigenvalue weighted by Crippen LogP contribution is -1.95. The summed E-state index contributed by atoms with van der Waals surface area (Å²) < 4.78 is 0. The zero-order valence-corrected chi connectivity index (χ0v) is 11.8. The molecule has 1 aromatic carbocycles. The van der Waals surface area contributed by atoms with E-state index in [4.69, 9.17) is 0 Å². The van der Waals surface area contributed by atoms with Crippen LogP contribution in [-0.4, -0.2) is 11.4 Å². The quantitative estimate of drug-likeness (QED) is 0.848. The highest BCUT2D eigenvalue weighted by atomic mass is 16.1. The number of aryl methyl sites for hydroxylation is 1. The summed E-state index contributed by atoms with van der Waals surface area (Å²) in [5.41, 5.74) is 3.86. The molecule has 0 bridgehead atoms. The number of hydrogen-bond donors (Lipinski definition) is 1. The second-order valence-electron chi connectivity index (χ2n) is 4.92. The molecule has 3 heteroatoms. The lowest BCUT2D eigenvalue weighted by Gasteiger charge is -2.07. The Hall–Kier alpha value is -2.16. The molecule has 1 saturated carbocycles. The first-order valence-electron chi connectivity index (χ1n) is 7.03. The van der Waals surface area contributed by atoms with Crippen LogP contribution in [-0.2, 0) is 4.79 Å². The first-order chi connectivity index (χ1) is 9.81. The van der Waals surface area contributed by atoms with Crippen molar-refractivity contribution in [1.82, 2.24) is 4.98 Å². The Morgan fingerprint density at radius 1 is 1.10 bits per heavy atom. The third kappa shape index (κ3) is 3.92. The van der Waals surface area contributed by atoms with E-state index in [0.29, 0.717) is 6.41 Å². The summed E-state index contributed by atoms with van der Waals surface area (Å²) in [4.78, 5) is 14.7. The number of hydrogen-bond acceptors (Lipinski definition) is 2. The van der Waals surface area contributed by atoms with Crippen molar-refractivity contribution in [3.05, 3.63) is 48.2 Å². The largest absolute Gasteiger partial charge is 0.329 e. The number of benzene rings is 1. The summed E-state index contributed by atoms with van der Waals surface area (Å²) in [7, 11) is 0. The molecule has 0 spiro atoms. The highest BCUT2D eigenvalue weighted by molar-refractivity contribution is 5.76. The smallest absolute Gasteiger partial charge is 0.211 e. The molecule has 3 rings (SSSR count). The molecule has 104 valence electrons. The molecule has 2 aromatic rings. The Bertz CT molecular complexity index is 544. The SMILES string of the molecule is C1CCC1.Cc1ccc(NC=O)cc1-c1ccccn1. The number of aromatic nitrogens is 1. The van der Waals surface area contributed by atoms with Crippen molar-refractivity contribution < 1.29 is 4.79 Å². The van der Waals surface area contributed by atoms with Gasteiger partial charge in [0.25, 0.3) is 0 Å². The highest BCUT2D eigenvalue weighted by Gasteiger charge is 2.03. The minimum atomic E-state index is 0.673. The fraction of sp³-hybridized carbons (Fsp3) is 0.294. The Morgan fingerprint density at radius 3 is 2.40 bits per heavy atom. The molecule has 0 unspecified atom stereocenters. The normalized spacial score (nSPS) is 12.7. The molecule has 0 atom stereocenters. The predicted molar refractivity (Wildman–Crippen MR) is 82.6 cm³/mol. The van der Waals surface area contributed by atoms with E-state index in [2.05, 4.69) is 10.3 Å². The number of nitrogens with zero attached hydrogens (tertiary/aromatic N) is 1. The molecule has 1 aliphatic rings. The molecule has 1 N–H and O–H groups in total. The van der Waals surface area contributed by atoms with Gasteiger partial charge in [0, 0.05) is 17.4 Å². The van der Waals surface area contributed by atoms with Crippen molar-refractivity contribution >= 4 is 12.1 Å². The van der Waals surface area contributed by atoms with Crippen molar-refractivity contribution in [2.45, 2.75) is 32.6 Å². The summed E-state index contributed by atoms with van der Waals surface area (Å²) >= 11 is 0. The molecule has 3 nitrogen and oxygen atoms in total. The van der Waals surface area contributed by atoms with Gasteiger partial charge in [-0.3, -0.25) is 9.78 Å². The molecule has 0 saturated heterocycles. The lowest BCUT2D eigenvalue weighted by molar-refractivity contribution is -0.105. The molecule has 1 aliphatic carbocycles. The monoisotopic (exact) mass is 268 g/mol. The van der Waals surface area contributed by atoms with Crippen LogP contribution in [0.3, 0.4) is 0 Å².